The SMILES string of the molecule is CC1C(=O)NC(=O)CN1C(=O)N[C@@H](CCC(N)=O)C(=O)O. The van der Waals surface area contributed by atoms with Gasteiger partial charge in [0.1, 0.15) is 18.6 Å². The van der Waals surface area contributed by atoms with Crippen LogP contribution in [-0.2, 0) is 19.2 Å². The van der Waals surface area contributed by atoms with Gasteiger partial charge in [0.25, 0.3) is 0 Å². The van der Waals surface area contributed by atoms with Gasteiger partial charge in [-0.3, -0.25) is 19.7 Å². The Kier molecular flexibility index (Phi) is 5.22. The van der Waals surface area contributed by atoms with Crippen molar-refractivity contribution in [2.45, 2.75) is 31.8 Å². The number of piperazine rings is 1. The lowest BCUT2D eigenvalue weighted by Gasteiger charge is -2.32. The summed E-state index contributed by atoms with van der Waals surface area (Å²) in [6, 6.07) is -3.12. The summed E-state index contributed by atoms with van der Waals surface area (Å²) >= 11 is 0. The molecule has 1 fully saturated rings. The minimum atomic E-state index is -1.34. The number of nitrogens with one attached hydrogen (secondary N) is 2. The van der Waals surface area contributed by atoms with Gasteiger partial charge in [-0.1, -0.05) is 0 Å². The molecule has 5 amide bonds. The maximum atomic E-state index is 12.0. The smallest absolute Gasteiger partial charge is 0.326 e. The highest BCUT2D eigenvalue weighted by molar-refractivity contribution is 6.04. The Morgan fingerprint density at radius 1 is 1.48 bits per heavy atom. The molecule has 1 rings (SSSR count). The zero-order chi connectivity index (χ0) is 16.2. The summed E-state index contributed by atoms with van der Waals surface area (Å²) in [7, 11) is 0. The van der Waals surface area contributed by atoms with Crippen LogP contribution in [0.25, 0.3) is 0 Å². The number of carbonyl (C=O) groups is 5. The number of nitrogens with two attached hydrogens (primary N) is 1. The summed E-state index contributed by atoms with van der Waals surface area (Å²) in [6.07, 6.45) is -0.398. The van der Waals surface area contributed by atoms with Crippen molar-refractivity contribution in [2.24, 2.45) is 5.73 Å². The van der Waals surface area contributed by atoms with Gasteiger partial charge in [-0.25, -0.2) is 9.59 Å². The van der Waals surface area contributed by atoms with Crippen molar-refractivity contribution >= 4 is 29.7 Å². The third-order valence-corrected chi connectivity index (χ3v) is 2.96. The second kappa shape index (κ2) is 6.68. The Morgan fingerprint density at radius 3 is 2.62 bits per heavy atom. The Bertz CT molecular complexity index is 491. The van der Waals surface area contributed by atoms with Crippen LogP contribution < -0.4 is 16.4 Å². The van der Waals surface area contributed by atoms with E-state index in [2.05, 4.69) is 10.6 Å². The zero-order valence-electron chi connectivity index (χ0n) is 11.3. The summed E-state index contributed by atoms with van der Waals surface area (Å²) in [4.78, 5) is 57.2. The predicted octanol–water partition coefficient (Wildman–Crippen LogP) is -2.24. The van der Waals surface area contributed by atoms with Gasteiger partial charge < -0.3 is 21.1 Å². The Labute approximate surface area is 119 Å². The Hall–Kier alpha value is -2.65. The Morgan fingerprint density at radius 2 is 2.10 bits per heavy atom. The fourth-order valence-corrected chi connectivity index (χ4v) is 1.74. The molecule has 1 unspecified atom stereocenters. The van der Waals surface area contributed by atoms with Gasteiger partial charge in [-0.05, 0) is 13.3 Å². The minimum Gasteiger partial charge on any atom is -0.480 e. The van der Waals surface area contributed by atoms with Crippen molar-refractivity contribution in [3.8, 4) is 0 Å². The maximum Gasteiger partial charge on any atom is 0.326 e. The number of imide groups is 1. The molecule has 10 heteroatoms. The molecule has 0 spiro atoms. The first kappa shape index (κ1) is 16.4. The van der Waals surface area contributed by atoms with Crippen molar-refractivity contribution in [1.82, 2.24) is 15.5 Å². The molecule has 0 aromatic rings. The second-order valence-electron chi connectivity index (χ2n) is 4.56. The lowest BCUT2D eigenvalue weighted by molar-refractivity contribution is -0.139. The van der Waals surface area contributed by atoms with E-state index in [1.165, 1.54) is 6.92 Å². The number of aliphatic carboxylic acids is 1. The minimum absolute atomic E-state index is 0.182. The van der Waals surface area contributed by atoms with E-state index in [9.17, 15) is 24.0 Å². The highest BCUT2D eigenvalue weighted by Crippen LogP contribution is 2.06. The Balaban J connectivity index is 2.71. The van der Waals surface area contributed by atoms with E-state index in [0.29, 0.717) is 0 Å². The van der Waals surface area contributed by atoms with Gasteiger partial charge in [-0.15, -0.1) is 0 Å². The normalized spacial score (nSPS) is 19.7. The van der Waals surface area contributed by atoms with E-state index < -0.39 is 41.8 Å². The molecule has 1 heterocycles. The lowest BCUT2D eigenvalue weighted by Crippen LogP contribution is -2.62. The van der Waals surface area contributed by atoms with Gasteiger partial charge in [-0.2, -0.15) is 0 Å². The number of nitrogens with zero attached hydrogens (tertiary/aromatic N) is 1. The first-order valence-corrected chi connectivity index (χ1v) is 6.14. The molecule has 1 saturated heterocycles. The summed E-state index contributed by atoms with van der Waals surface area (Å²) < 4.78 is 0. The van der Waals surface area contributed by atoms with Crippen molar-refractivity contribution in [3.05, 3.63) is 0 Å². The second-order valence-corrected chi connectivity index (χ2v) is 4.56. The van der Waals surface area contributed by atoms with Crippen LogP contribution in [-0.4, -0.2) is 58.4 Å². The quantitative estimate of drug-likeness (QED) is 0.420. The van der Waals surface area contributed by atoms with E-state index in [1.807, 2.05) is 0 Å². The van der Waals surface area contributed by atoms with Crippen LogP contribution in [0.4, 0.5) is 4.79 Å². The van der Waals surface area contributed by atoms with Gasteiger partial charge in [0.2, 0.25) is 17.7 Å². The number of rotatable bonds is 5. The monoisotopic (exact) mass is 300 g/mol. The number of carboxylic acid groups (broad SMARTS) is 1. The fourth-order valence-electron chi connectivity index (χ4n) is 1.74. The third kappa shape index (κ3) is 4.44. The van der Waals surface area contributed by atoms with Crippen LogP contribution in [0.15, 0.2) is 0 Å². The molecule has 1 aliphatic heterocycles. The van der Waals surface area contributed by atoms with Crippen LogP contribution in [0.1, 0.15) is 19.8 Å². The average molecular weight is 300 g/mol. The zero-order valence-corrected chi connectivity index (χ0v) is 11.3. The lowest BCUT2D eigenvalue weighted by atomic mass is 10.1. The van der Waals surface area contributed by atoms with E-state index in [1.54, 1.807) is 0 Å². The summed E-state index contributed by atoms with van der Waals surface area (Å²) in [5, 5.41) is 13.2. The third-order valence-electron chi connectivity index (χ3n) is 2.96. The highest BCUT2D eigenvalue weighted by atomic mass is 16.4. The van der Waals surface area contributed by atoms with Gasteiger partial charge in [0.15, 0.2) is 0 Å². The number of carboxylic acids is 1. The number of hydrogen-bond acceptors (Lipinski definition) is 5. The van der Waals surface area contributed by atoms with Gasteiger partial charge in [0.05, 0.1) is 0 Å². The molecular formula is C11H16N4O6. The number of amides is 5. The van der Waals surface area contributed by atoms with Crippen molar-refractivity contribution in [3.63, 3.8) is 0 Å². The van der Waals surface area contributed by atoms with Crippen molar-refractivity contribution in [2.75, 3.05) is 6.54 Å². The number of carbonyl (C=O) groups excluding carboxylic acids is 4. The topological polar surface area (TPSA) is 159 Å². The summed E-state index contributed by atoms with van der Waals surface area (Å²) in [6.45, 7) is 1.04. The van der Waals surface area contributed by atoms with Crippen LogP contribution in [0.2, 0.25) is 0 Å². The molecule has 0 bridgehead atoms. The molecule has 0 aromatic heterocycles. The largest absolute Gasteiger partial charge is 0.480 e. The van der Waals surface area contributed by atoms with Crippen LogP contribution in [0.3, 0.4) is 0 Å². The number of urea groups is 1. The molecule has 0 saturated carbocycles. The standard InChI is InChI=1S/C11H16N4O6/c1-5-9(18)14-8(17)4-15(5)11(21)13-6(10(19)20)2-3-7(12)16/h5-6H,2-4H2,1H3,(H2,12,16)(H,13,21)(H,19,20)(H,14,17,18)/t5?,6-/m0/s1. The molecule has 0 aromatic carbocycles. The molecule has 1 aliphatic rings. The maximum absolute atomic E-state index is 12.0. The molecule has 10 nitrogen and oxygen atoms in total. The van der Waals surface area contributed by atoms with Crippen LogP contribution in [0, 0.1) is 0 Å². The molecule has 116 valence electrons. The first-order valence-electron chi connectivity index (χ1n) is 6.14. The van der Waals surface area contributed by atoms with Crippen molar-refractivity contribution in [1.29, 1.82) is 0 Å². The van der Waals surface area contributed by atoms with Gasteiger partial charge in [0, 0.05) is 6.42 Å². The van der Waals surface area contributed by atoms with Crippen LogP contribution >= 0.6 is 0 Å². The molecule has 0 aliphatic carbocycles. The first-order chi connectivity index (χ1) is 9.72. The fraction of sp³-hybridized carbons (Fsp3) is 0.545. The van der Waals surface area contributed by atoms with Crippen LogP contribution in [0.5, 0.6) is 0 Å². The molecule has 21 heavy (non-hydrogen) atoms. The molecule has 5 N–H and O–H groups in total. The molecule has 0 radical (unpaired) electrons. The highest BCUT2D eigenvalue weighted by Gasteiger charge is 2.35. The van der Waals surface area contributed by atoms with E-state index >= 15 is 0 Å². The molecular weight excluding hydrogens is 284 g/mol. The van der Waals surface area contributed by atoms with E-state index in [0.717, 1.165) is 4.90 Å². The van der Waals surface area contributed by atoms with Gasteiger partial charge >= 0.3 is 12.0 Å². The predicted molar refractivity (Wildman–Crippen MR) is 67.7 cm³/mol. The van der Waals surface area contributed by atoms with E-state index in [-0.39, 0.29) is 19.4 Å². The number of hydrogen-bond donors (Lipinski definition) is 4. The summed E-state index contributed by atoms with van der Waals surface area (Å²) in [5.74, 6) is -3.34. The molecule has 2 atom stereocenters. The van der Waals surface area contributed by atoms with E-state index in [4.69, 9.17) is 10.8 Å². The average Bonchev–Trinajstić information content (AvgIpc) is 2.37. The summed E-state index contributed by atoms with van der Waals surface area (Å²) in [5.41, 5.74) is 4.92. The number of primary amides is 1. The van der Waals surface area contributed by atoms with Crippen molar-refractivity contribution < 1.29 is 29.1 Å².